The number of methoxy groups -OCH3 is 2. The van der Waals surface area contributed by atoms with E-state index >= 15 is 0 Å². The van der Waals surface area contributed by atoms with E-state index in [4.69, 9.17) is 18.6 Å². The average Bonchev–Trinajstić information content (AvgIpc) is 3.03. The molecular formula is C16H17NO7. The summed E-state index contributed by atoms with van der Waals surface area (Å²) in [6, 6.07) is 5.38. The molecule has 1 aromatic heterocycles. The molecule has 0 saturated heterocycles. The van der Waals surface area contributed by atoms with Crippen LogP contribution in [-0.4, -0.2) is 37.8 Å². The Morgan fingerprint density at radius 1 is 1.17 bits per heavy atom. The number of ether oxygens (including phenoxy) is 3. The molecule has 0 unspecified atom stereocenters. The quantitative estimate of drug-likeness (QED) is 0.781. The Bertz CT molecular complexity index is 751. The van der Waals surface area contributed by atoms with Crippen LogP contribution in [0.15, 0.2) is 28.7 Å². The summed E-state index contributed by atoms with van der Waals surface area (Å²) >= 11 is 0. The molecule has 8 heteroatoms. The maximum Gasteiger partial charge on any atom is 0.374 e. The summed E-state index contributed by atoms with van der Waals surface area (Å²) in [7, 11) is 2.82. The average molecular weight is 335 g/mol. The molecule has 128 valence electrons. The van der Waals surface area contributed by atoms with Gasteiger partial charge in [0.25, 0.3) is 5.91 Å². The maximum atomic E-state index is 12.3. The number of phenolic OH excluding ortho intramolecular Hbond substituents is 1. The molecule has 2 N–H and O–H groups in total. The van der Waals surface area contributed by atoms with Crippen LogP contribution in [0.5, 0.6) is 17.2 Å². The van der Waals surface area contributed by atoms with Crippen molar-refractivity contribution < 1.29 is 33.3 Å². The highest BCUT2D eigenvalue weighted by molar-refractivity contribution is 6.06. The zero-order valence-electron chi connectivity index (χ0n) is 13.4. The van der Waals surface area contributed by atoms with Crippen molar-refractivity contribution in [1.29, 1.82) is 0 Å². The lowest BCUT2D eigenvalue weighted by Crippen LogP contribution is -2.12. The Morgan fingerprint density at radius 3 is 2.46 bits per heavy atom. The molecule has 1 heterocycles. The van der Waals surface area contributed by atoms with Crippen LogP contribution in [0.4, 0.5) is 5.88 Å². The van der Waals surface area contributed by atoms with Crippen molar-refractivity contribution in [3.05, 3.63) is 35.6 Å². The largest absolute Gasteiger partial charge is 0.507 e. The molecule has 1 amide bonds. The Morgan fingerprint density at radius 2 is 1.83 bits per heavy atom. The van der Waals surface area contributed by atoms with Gasteiger partial charge in [0.2, 0.25) is 11.6 Å². The fourth-order valence-electron chi connectivity index (χ4n) is 1.95. The van der Waals surface area contributed by atoms with Gasteiger partial charge in [0.1, 0.15) is 5.75 Å². The van der Waals surface area contributed by atoms with Gasteiger partial charge in [-0.2, -0.15) is 0 Å². The molecule has 0 radical (unpaired) electrons. The van der Waals surface area contributed by atoms with Crippen molar-refractivity contribution >= 4 is 17.8 Å². The second-order valence-electron chi connectivity index (χ2n) is 4.56. The zero-order chi connectivity index (χ0) is 17.7. The first-order chi connectivity index (χ1) is 11.5. The topological polar surface area (TPSA) is 107 Å². The van der Waals surface area contributed by atoms with Gasteiger partial charge in [-0.05, 0) is 13.0 Å². The minimum atomic E-state index is -0.641. The number of carbonyl (C=O) groups excluding carboxylic acids is 2. The van der Waals surface area contributed by atoms with E-state index in [-0.39, 0.29) is 41.1 Å². The van der Waals surface area contributed by atoms with Gasteiger partial charge in [-0.25, -0.2) is 4.79 Å². The van der Waals surface area contributed by atoms with Crippen molar-refractivity contribution in [2.45, 2.75) is 6.92 Å². The minimum Gasteiger partial charge on any atom is -0.507 e. The van der Waals surface area contributed by atoms with E-state index in [1.165, 1.54) is 38.5 Å². The normalized spacial score (nSPS) is 10.1. The first-order valence-electron chi connectivity index (χ1n) is 7.03. The zero-order valence-corrected chi connectivity index (χ0v) is 13.4. The number of aromatic hydroxyl groups is 1. The maximum absolute atomic E-state index is 12.3. The van der Waals surface area contributed by atoms with Crippen molar-refractivity contribution in [2.24, 2.45) is 0 Å². The van der Waals surface area contributed by atoms with E-state index < -0.39 is 11.9 Å². The van der Waals surface area contributed by atoms with Gasteiger partial charge in [-0.1, -0.05) is 0 Å². The Kier molecular flexibility index (Phi) is 5.31. The van der Waals surface area contributed by atoms with Crippen molar-refractivity contribution in [3.63, 3.8) is 0 Å². The van der Waals surface area contributed by atoms with Crippen molar-refractivity contribution in [2.75, 3.05) is 26.1 Å². The molecule has 24 heavy (non-hydrogen) atoms. The monoisotopic (exact) mass is 335 g/mol. The molecule has 1 aromatic carbocycles. The van der Waals surface area contributed by atoms with Crippen molar-refractivity contribution in [1.82, 2.24) is 0 Å². The fraction of sp³-hybridized carbons (Fsp3) is 0.250. The number of rotatable bonds is 6. The summed E-state index contributed by atoms with van der Waals surface area (Å²) in [5.74, 6) is -0.991. The van der Waals surface area contributed by atoms with E-state index in [0.29, 0.717) is 0 Å². The predicted molar refractivity (Wildman–Crippen MR) is 83.8 cm³/mol. The van der Waals surface area contributed by atoms with Crippen LogP contribution in [0, 0.1) is 0 Å². The number of hydrogen-bond acceptors (Lipinski definition) is 7. The molecule has 0 spiro atoms. The number of anilines is 1. The smallest absolute Gasteiger partial charge is 0.374 e. The molecule has 0 bridgehead atoms. The van der Waals surface area contributed by atoms with Gasteiger partial charge in [0.05, 0.1) is 26.4 Å². The second kappa shape index (κ2) is 7.40. The molecule has 8 nitrogen and oxygen atoms in total. The Balaban J connectivity index is 2.20. The van der Waals surface area contributed by atoms with E-state index in [1.807, 2.05) is 0 Å². The van der Waals surface area contributed by atoms with Crippen LogP contribution in [-0.2, 0) is 4.74 Å². The second-order valence-corrected chi connectivity index (χ2v) is 4.56. The number of nitrogens with one attached hydrogen (secondary N) is 1. The van der Waals surface area contributed by atoms with Gasteiger partial charge in [-0.15, -0.1) is 0 Å². The molecule has 0 aliphatic rings. The Hall–Kier alpha value is -3.16. The molecule has 0 aliphatic carbocycles. The summed E-state index contributed by atoms with van der Waals surface area (Å²) in [5.41, 5.74) is -0.0401. The van der Waals surface area contributed by atoms with Crippen LogP contribution >= 0.6 is 0 Å². The standard InChI is InChI=1S/C16H17NO7/c1-4-23-16(20)11-5-6-14(24-11)17-15(19)9-7-12(21-2)13(22-3)8-10(9)18/h5-8,18H,4H2,1-3H3,(H,17,19). The summed E-state index contributed by atoms with van der Waals surface area (Å²) in [5, 5.41) is 12.4. The van der Waals surface area contributed by atoms with E-state index in [0.717, 1.165) is 0 Å². The van der Waals surface area contributed by atoms with Crippen LogP contribution in [0.1, 0.15) is 27.8 Å². The summed E-state index contributed by atoms with van der Waals surface area (Å²) in [6.45, 7) is 1.88. The molecule has 0 atom stereocenters. The predicted octanol–water partition coefficient (Wildman–Crippen LogP) is 2.43. The van der Waals surface area contributed by atoms with Crippen molar-refractivity contribution in [3.8, 4) is 17.2 Å². The number of phenols is 1. The first-order valence-corrected chi connectivity index (χ1v) is 7.03. The van der Waals surface area contributed by atoms with Crippen LogP contribution in [0.3, 0.4) is 0 Å². The lowest BCUT2D eigenvalue weighted by molar-refractivity contribution is 0.0490. The van der Waals surface area contributed by atoms with Crippen LogP contribution < -0.4 is 14.8 Å². The van der Waals surface area contributed by atoms with Crippen LogP contribution in [0.25, 0.3) is 0 Å². The van der Waals surface area contributed by atoms with Gasteiger partial charge < -0.3 is 23.7 Å². The number of furan rings is 1. The molecular weight excluding hydrogens is 318 g/mol. The molecule has 0 fully saturated rings. The number of amides is 1. The first kappa shape index (κ1) is 17.2. The van der Waals surface area contributed by atoms with E-state index in [9.17, 15) is 14.7 Å². The molecule has 2 aromatic rings. The third-order valence-corrected chi connectivity index (χ3v) is 3.07. The van der Waals surface area contributed by atoms with Gasteiger partial charge >= 0.3 is 5.97 Å². The minimum absolute atomic E-state index is 0.0383. The number of benzene rings is 1. The molecule has 0 saturated carbocycles. The van der Waals surface area contributed by atoms with Gasteiger partial charge in [-0.3, -0.25) is 10.1 Å². The highest BCUT2D eigenvalue weighted by Crippen LogP contribution is 2.34. The number of esters is 1. The van der Waals surface area contributed by atoms with Crippen LogP contribution in [0.2, 0.25) is 0 Å². The van der Waals surface area contributed by atoms with Gasteiger partial charge in [0.15, 0.2) is 11.5 Å². The Labute approximate surface area is 137 Å². The van der Waals surface area contributed by atoms with E-state index in [2.05, 4.69) is 5.32 Å². The van der Waals surface area contributed by atoms with E-state index in [1.54, 1.807) is 6.92 Å². The summed E-state index contributed by atoms with van der Waals surface area (Å²) in [4.78, 5) is 23.8. The third-order valence-electron chi connectivity index (χ3n) is 3.07. The number of carbonyl (C=O) groups is 2. The third kappa shape index (κ3) is 3.60. The summed E-state index contributed by atoms with van der Waals surface area (Å²) in [6.07, 6.45) is 0. The lowest BCUT2D eigenvalue weighted by Gasteiger charge is -2.11. The molecule has 2 rings (SSSR count). The highest BCUT2D eigenvalue weighted by Gasteiger charge is 2.19. The number of hydrogen-bond donors (Lipinski definition) is 2. The summed E-state index contributed by atoms with van der Waals surface area (Å²) < 4.78 is 20.1. The SMILES string of the molecule is CCOC(=O)c1ccc(NC(=O)c2cc(OC)c(OC)cc2O)o1. The lowest BCUT2D eigenvalue weighted by atomic mass is 10.1. The van der Waals surface area contributed by atoms with Gasteiger partial charge in [0, 0.05) is 18.2 Å². The fourth-order valence-corrected chi connectivity index (χ4v) is 1.95. The highest BCUT2D eigenvalue weighted by atomic mass is 16.5. The molecule has 0 aliphatic heterocycles.